The fourth-order valence-corrected chi connectivity index (χ4v) is 1.67. The summed E-state index contributed by atoms with van der Waals surface area (Å²) in [6.45, 7) is 1.62. The molecule has 2 aromatic rings. The van der Waals surface area contributed by atoms with Crippen molar-refractivity contribution in [2.75, 3.05) is 5.32 Å². The number of carbonyl (C=O) groups excluding carboxylic acids is 1. The lowest BCUT2D eigenvalue weighted by atomic mass is 10.1. The van der Waals surface area contributed by atoms with E-state index in [-0.39, 0.29) is 16.5 Å². The first-order valence-corrected chi connectivity index (χ1v) is 5.48. The molecule has 0 radical (unpaired) electrons. The van der Waals surface area contributed by atoms with Crippen LogP contribution < -0.4 is 5.32 Å². The van der Waals surface area contributed by atoms with Crippen molar-refractivity contribution in [3.8, 4) is 0 Å². The highest BCUT2D eigenvalue weighted by atomic mass is 35.5. The van der Waals surface area contributed by atoms with Crippen molar-refractivity contribution >= 4 is 28.9 Å². The number of amides is 1. The topological polar surface area (TPSA) is 114 Å². The number of H-pyrrole nitrogens is 1. The molecule has 2 rings (SSSR count). The molecule has 8 nitrogen and oxygen atoms in total. The molecule has 9 heteroatoms. The van der Waals surface area contributed by atoms with E-state index in [9.17, 15) is 14.9 Å². The first-order chi connectivity index (χ1) is 8.99. The Balaban J connectivity index is 2.29. The number of carbonyl (C=O) groups is 1. The van der Waals surface area contributed by atoms with Gasteiger partial charge in [-0.15, -0.1) is 0 Å². The molecule has 1 aromatic heterocycles. The lowest BCUT2D eigenvalue weighted by Crippen LogP contribution is -2.14. The Bertz CT molecular complexity index is 641. The second kappa shape index (κ2) is 5.02. The Morgan fingerprint density at radius 3 is 2.84 bits per heavy atom. The Kier molecular flexibility index (Phi) is 3.43. The molecule has 0 aliphatic heterocycles. The van der Waals surface area contributed by atoms with Crippen LogP contribution in [0.1, 0.15) is 16.2 Å². The molecule has 98 valence electrons. The van der Waals surface area contributed by atoms with Crippen LogP contribution >= 0.6 is 11.6 Å². The van der Waals surface area contributed by atoms with Gasteiger partial charge in [-0.2, -0.15) is 5.10 Å². The van der Waals surface area contributed by atoms with Crippen LogP contribution in [0.3, 0.4) is 0 Å². The van der Waals surface area contributed by atoms with Crippen molar-refractivity contribution in [1.29, 1.82) is 0 Å². The average Bonchev–Trinajstić information content (AvgIpc) is 2.86. The van der Waals surface area contributed by atoms with Crippen molar-refractivity contribution in [3.63, 3.8) is 0 Å². The summed E-state index contributed by atoms with van der Waals surface area (Å²) in [5, 5.41) is 19.1. The Labute approximate surface area is 112 Å². The van der Waals surface area contributed by atoms with Gasteiger partial charge in [0.15, 0.2) is 0 Å². The van der Waals surface area contributed by atoms with E-state index in [1.807, 2.05) is 0 Å². The zero-order chi connectivity index (χ0) is 14.0. The van der Waals surface area contributed by atoms with Crippen molar-refractivity contribution in [1.82, 2.24) is 15.2 Å². The molecule has 1 aromatic carbocycles. The van der Waals surface area contributed by atoms with Crippen LogP contribution in [0.5, 0.6) is 0 Å². The minimum absolute atomic E-state index is 0.0360. The third kappa shape index (κ3) is 2.68. The predicted molar refractivity (Wildman–Crippen MR) is 67.2 cm³/mol. The van der Waals surface area contributed by atoms with Gasteiger partial charge in [0, 0.05) is 11.8 Å². The molecule has 19 heavy (non-hydrogen) atoms. The van der Waals surface area contributed by atoms with Gasteiger partial charge in [0.05, 0.1) is 4.92 Å². The van der Waals surface area contributed by atoms with Crippen molar-refractivity contribution in [2.24, 2.45) is 0 Å². The third-order valence-electron chi connectivity index (χ3n) is 2.37. The Morgan fingerprint density at radius 2 is 2.26 bits per heavy atom. The monoisotopic (exact) mass is 281 g/mol. The van der Waals surface area contributed by atoms with E-state index in [4.69, 9.17) is 11.6 Å². The molecule has 0 saturated heterocycles. The molecular formula is C10H8ClN5O3. The van der Waals surface area contributed by atoms with Gasteiger partial charge in [-0.3, -0.25) is 20.0 Å². The number of aromatic nitrogens is 3. The molecule has 2 N–H and O–H groups in total. The normalized spacial score (nSPS) is 10.2. The third-order valence-corrected chi connectivity index (χ3v) is 2.67. The number of rotatable bonds is 3. The number of benzene rings is 1. The van der Waals surface area contributed by atoms with Gasteiger partial charge in [-0.05, 0) is 18.6 Å². The number of halogens is 1. The molecule has 0 aliphatic carbocycles. The molecule has 0 aliphatic rings. The number of hydrogen-bond donors (Lipinski definition) is 2. The van der Waals surface area contributed by atoms with Gasteiger partial charge < -0.3 is 5.32 Å². The highest BCUT2D eigenvalue weighted by molar-refractivity contribution is 6.33. The number of aromatic amines is 1. The van der Waals surface area contributed by atoms with E-state index >= 15 is 0 Å². The molecule has 0 atom stereocenters. The van der Waals surface area contributed by atoms with E-state index in [0.717, 1.165) is 0 Å². The SMILES string of the molecule is Cc1cc([N+](=O)[O-])c(Cl)cc1NC(=O)c1ncn[nH]1. The number of nitro benzene ring substituents is 1. The summed E-state index contributed by atoms with van der Waals surface area (Å²) in [4.78, 5) is 25.5. The largest absolute Gasteiger partial charge is 0.319 e. The second-order valence-electron chi connectivity index (χ2n) is 3.66. The van der Waals surface area contributed by atoms with Crippen LogP contribution in [0.15, 0.2) is 18.5 Å². The number of nitro groups is 1. The highest BCUT2D eigenvalue weighted by Crippen LogP contribution is 2.30. The van der Waals surface area contributed by atoms with E-state index in [1.54, 1.807) is 6.92 Å². The Hall–Kier alpha value is -2.48. The van der Waals surface area contributed by atoms with Crippen molar-refractivity contribution in [3.05, 3.63) is 45.0 Å². The quantitative estimate of drug-likeness (QED) is 0.659. The summed E-state index contributed by atoms with van der Waals surface area (Å²) in [5.74, 6) is -0.473. The van der Waals surface area contributed by atoms with E-state index < -0.39 is 10.8 Å². The van der Waals surface area contributed by atoms with Gasteiger partial charge >= 0.3 is 0 Å². The summed E-state index contributed by atoms with van der Waals surface area (Å²) >= 11 is 5.78. The van der Waals surface area contributed by atoms with Crippen LogP contribution in [0.4, 0.5) is 11.4 Å². The summed E-state index contributed by atoms with van der Waals surface area (Å²) in [7, 11) is 0. The lowest BCUT2D eigenvalue weighted by molar-refractivity contribution is -0.384. The molecule has 0 bridgehead atoms. The fraction of sp³-hybridized carbons (Fsp3) is 0.100. The van der Waals surface area contributed by atoms with Crippen LogP contribution in [0.25, 0.3) is 0 Å². The molecule has 0 unspecified atom stereocenters. The zero-order valence-electron chi connectivity index (χ0n) is 9.68. The maximum atomic E-state index is 11.7. The molecule has 0 spiro atoms. The van der Waals surface area contributed by atoms with E-state index in [1.165, 1.54) is 18.5 Å². The molecule has 1 amide bonds. The predicted octanol–water partition coefficient (Wildman–Crippen LogP) is 1.93. The number of nitrogens with zero attached hydrogens (tertiary/aromatic N) is 3. The minimum Gasteiger partial charge on any atom is -0.319 e. The molecular weight excluding hydrogens is 274 g/mol. The second-order valence-corrected chi connectivity index (χ2v) is 4.07. The summed E-state index contributed by atoms with van der Waals surface area (Å²) in [6, 6.07) is 2.61. The fourth-order valence-electron chi connectivity index (χ4n) is 1.44. The Morgan fingerprint density at radius 1 is 1.53 bits per heavy atom. The summed E-state index contributed by atoms with van der Waals surface area (Å²) < 4.78 is 0. The van der Waals surface area contributed by atoms with Crippen LogP contribution in [-0.4, -0.2) is 26.0 Å². The van der Waals surface area contributed by atoms with Gasteiger partial charge in [-0.1, -0.05) is 11.6 Å². The van der Waals surface area contributed by atoms with Gasteiger partial charge in [0.1, 0.15) is 11.3 Å². The standard InChI is InChI=1S/C10H8ClN5O3/c1-5-2-8(16(18)19)6(11)3-7(5)14-10(17)9-12-4-13-15-9/h2-4H,1H3,(H,14,17)(H,12,13,15). The maximum absolute atomic E-state index is 11.7. The van der Waals surface area contributed by atoms with Crippen molar-refractivity contribution in [2.45, 2.75) is 6.92 Å². The maximum Gasteiger partial charge on any atom is 0.292 e. The van der Waals surface area contributed by atoms with Crippen LogP contribution in [0.2, 0.25) is 5.02 Å². The van der Waals surface area contributed by atoms with Gasteiger partial charge in [-0.25, -0.2) is 4.98 Å². The number of hydrogen-bond acceptors (Lipinski definition) is 5. The summed E-state index contributed by atoms with van der Waals surface area (Å²) in [6.07, 6.45) is 1.20. The number of nitrogens with one attached hydrogen (secondary N) is 2. The van der Waals surface area contributed by atoms with Gasteiger partial charge in [0.25, 0.3) is 11.6 Å². The van der Waals surface area contributed by atoms with Gasteiger partial charge in [0.2, 0.25) is 5.82 Å². The lowest BCUT2D eigenvalue weighted by Gasteiger charge is -2.07. The van der Waals surface area contributed by atoms with E-state index in [0.29, 0.717) is 11.3 Å². The number of anilines is 1. The first kappa shape index (κ1) is 13.0. The van der Waals surface area contributed by atoms with Crippen molar-refractivity contribution < 1.29 is 9.72 Å². The molecule has 0 saturated carbocycles. The van der Waals surface area contributed by atoms with Crippen LogP contribution in [0, 0.1) is 17.0 Å². The van der Waals surface area contributed by atoms with Crippen LogP contribution in [-0.2, 0) is 0 Å². The number of aryl methyl sites for hydroxylation is 1. The first-order valence-electron chi connectivity index (χ1n) is 5.10. The summed E-state index contributed by atoms with van der Waals surface area (Å²) in [5.41, 5.74) is 0.679. The van der Waals surface area contributed by atoms with E-state index in [2.05, 4.69) is 20.5 Å². The average molecular weight is 282 g/mol. The molecule has 1 heterocycles. The highest BCUT2D eigenvalue weighted by Gasteiger charge is 2.17. The molecule has 0 fully saturated rings. The minimum atomic E-state index is -0.586. The smallest absolute Gasteiger partial charge is 0.292 e. The zero-order valence-corrected chi connectivity index (χ0v) is 10.4.